The van der Waals surface area contributed by atoms with E-state index >= 15 is 0 Å². The van der Waals surface area contributed by atoms with Crippen LogP contribution < -0.4 is 5.32 Å². The summed E-state index contributed by atoms with van der Waals surface area (Å²) < 4.78 is 5.51. The van der Waals surface area contributed by atoms with Crippen molar-refractivity contribution in [1.29, 1.82) is 0 Å². The summed E-state index contributed by atoms with van der Waals surface area (Å²) in [6.45, 7) is 4.09. The Hall–Kier alpha value is -2.43. The second-order valence-corrected chi connectivity index (χ2v) is 8.22. The minimum Gasteiger partial charge on any atom is -0.468 e. The summed E-state index contributed by atoms with van der Waals surface area (Å²) in [5, 5.41) is 3.75. The van der Waals surface area contributed by atoms with E-state index in [0.717, 1.165) is 31.9 Å². The Balaban J connectivity index is 1.29. The van der Waals surface area contributed by atoms with Crippen LogP contribution in [0.5, 0.6) is 0 Å². The normalized spacial score (nSPS) is 21.1. The molecule has 3 aromatic rings. The van der Waals surface area contributed by atoms with Crippen molar-refractivity contribution in [2.75, 3.05) is 13.1 Å². The molecule has 0 amide bonds. The number of pyridine rings is 1. The van der Waals surface area contributed by atoms with E-state index in [-0.39, 0.29) is 0 Å². The lowest BCUT2D eigenvalue weighted by Crippen LogP contribution is -2.41. The monoisotopic (exact) mass is 373 g/mol. The third kappa shape index (κ3) is 3.38. The summed E-state index contributed by atoms with van der Waals surface area (Å²) >= 11 is 0. The first-order chi connectivity index (χ1) is 13.8. The molecule has 4 nitrogen and oxygen atoms in total. The molecular formula is C24H27N3O. The van der Waals surface area contributed by atoms with E-state index in [9.17, 15) is 0 Å². The van der Waals surface area contributed by atoms with Crippen LogP contribution in [0.15, 0.2) is 71.6 Å². The van der Waals surface area contributed by atoms with E-state index in [1.807, 2.05) is 30.6 Å². The molecule has 0 saturated carbocycles. The third-order valence-electron chi connectivity index (χ3n) is 6.55. The lowest BCUT2D eigenvalue weighted by atomic mass is 9.73. The molecule has 1 aromatic carbocycles. The molecule has 1 fully saturated rings. The smallest absolute Gasteiger partial charge is 0.117 e. The summed E-state index contributed by atoms with van der Waals surface area (Å²) in [5.74, 6) is 1.00. The van der Waals surface area contributed by atoms with Gasteiger partial charge >= 0.3 is 0 Å². The van der Waals surface area contributed by atoms with Crippen LogP contribution >= 0.6 is 0 Å². The number of fused-ring (bicyclic) bond motifs is 2. The molecule has 1 saturated heterocycles. The van der Waals surface area contributed by atoms with Gasteiger partial charge in [-0.05, 0) is 72.7 Å². The molecule has 28 heavy (non-hydrogen) atoms. The molecule has 3 heterocycles. The van der Waals surface area contributed by atoms with Crippen molar-refractivity contribution >= 4 is 0 Å². The molecule has 2 aromatic heterocycles. The van der Waals surface area contributed by atoms with Gasteiger partial charge in [-0.1, -0.05) is 30.3 Å². The number of hydrogen-bond acceptors (Lipinski definition) is 4. The summed E-state index contributed by atoms with van der Waals surface area (Å²) in [6, 6.07) is 17.7. The highest BCUT2D eigenvalue weighted by Gasteiger charge is 2.45. The zero-order valence-corrected chi connectivity index (χ0v) is 16.2. The average molecular weight is 374 g/mol. The Morgan fingerprint density at radius 2 is 1.96 bits per heavy atom. The fourth-order valence-electron chi connectivity index (χ4n) is 5.08. The Labute approximate surface area is 166 Å². The first-order valence-corrected chi connectivity index (χ1v) is 10.3. The second kappa shape index (κ2) is 7.53. The lowest BCUT2D eigenvalue weighted by Gasteiger charge is -2.40. The van der Waals surface area contributed by atoms with Crippen LogP contribution in [-0.2, 0) is 18.5 Å². The van der Waals surface area contributed by atoms with Crippen molar-refractivity contribution in [2.45, 2.75) is 43.8 Å². The summed E-state index contributed by atoms with van der Waals surface area (Å²) in [6.07, 6.45) is 9.23. The van der Waals surface area contributed by atoms with Crippen LogP contribution in [0.2, 0.25) is 0 Å². The zero-order valence-electron chi connectivity index (χ0n) is 16.2. The topological polar surface area (TPSA) is 41.3 Å². The van der Waals surface area contributed by atoms with Gasteiger partial charge in [0.25, 0.3) is 0 Å². The Kier molecular flexibility index (Phi) is 4.75. The molecule has 0 radical (unpaired) electrons. The Morgan fingerprint density at radius 3 is 2.75 bits per heavy atom. The largest absolute Gasteiger partial charge is 0.468 e. The standard InChI is InChI=1S/C24H27N3O/c1-2-8-22-21(7-1)23(26-17-20-6-4-14-28-20)15-24(22)9-12-27(13-10-24)18-19-5-3-11-25-16-19/h1-8,11,14,16,23,26H,9-10,12-13,15,17-18H2/t23-/m0/s1. The zero-order chi connectivity index (χ0) is 18.8. The van der Waals surface area contributed by atoms with Crippen LogP contribution in [0.3, 0.4) is 0 Å². The van der Waals surface area contributed by atoms with Crippen molar-refractivity contribution in [3.8, 4) is 0 Å². The number of hydrogen-bond donors (Lipinski definition) is 1. The minimum absolute atomic E-state index is 0.308. The maximum atomic E-state index is 5.51. The van der Waals surface area contributed by atoms with E-state index in [1.165, 1.54) is 30.4 Å². The molecule has 1 aliphatic carbocycles. The van der Waals surface area contributed by atoms with Gasteiger partial charge in [0, 0.05) is 25.0 Å². The maximum absolute atomic E-state index is 5.51. The fraction of sp³-hybridized carbons (Fsp3) is 0.375. The molecule has 4 heteroatoms. The van der Waals surface area contributed by atoms with Crippen LogP contribution in [0, 0.1) is 0 Å². The maximum Gasteiger partial charge on any atom is 0.117 e. The molecule has 1 aliphatic heterocycles. The van der Waals surface area contributed by atoms with Crippen LogP contribution in [0.1, 0.15) is 47.8 Å². The number of nitrogens with zero attached hydrogens (tertiary/aromatic N) is 2. The average Bonchev–Trinajstić information content (AvgIpc) is 3.36. The third-order valence-corrected chi connectivity index (χ3v) is 6.55. The Bertz CT molecular complexity index is 899. The number of aromatic nitrogens is 1. The molecule has 2 aliphatic rings. The van der Waals surface area contributed by atoms with Crippen molar-refractivity contribution in [3.63, 3.8) is 0 Å². The molecule has 0 unspecified atom stereocenters. The molecule has 1 spiro atoms. The number of piperidine rings is 1. The first-order valence-electron chi connectivity index (χ1n) is 10.3. The molecular weight excluding hydrogens is 346 g/mol. The minimum atomic E-state index is 0.308. The van der Waals surface area contributed by atoms with Crippen LogP contribution in [0.25, 0.3) is 0 Å². The van der Waals surface area contributed by atoms with Gasteiger partial charge in [-0.25, -0.2) is 0 Å². The van der Waals surface area contributed by atoms with E-state index in [2.05, 4.69) is 45.5 Å². The molecule has 1 atom stereocenters. The van der Waals surface area contributed by atoms with Crippen LogP contribution in [-0.4, -0.2) is 23.0 Å². The summed E-state index contributed by atoms with van der Waals surface area (Å²) in [7, 11) is 0. The molecule has 144 valence electrons. The van der Waals surface area contributed by atoms with E-state index < -0.39 is 0 Å². The van der Waals surface area contributed by atoms with Gasteiger partial charge in [0.05, 0.1) is 12.8 Å². The molecule has 1 N–H and O–H groups in total. The second-order valence-electron chi connectivity index (χ2n) is 8.22. The Morgan fingerprint density at radius 1 is 1.07 bits per heavy atom. The SMILES string of the molecule is c1cncc(CN2CCC3(CC2)C[C@H](NCc2ccco2)c2ccccc23)c1. The molecule has 0 bridgehead atoms. The number of benzene rings is 1. The number of furan rings is 1. The van der Waals surface area contributed by atoms with Gasteiger partial charge in [-0.3, -0.25) is 9.88 Å². The van der Waals surface area contributed by atoms with Gasteiger partial charge in [0.15, 0.2) is 0 Å². The first kappa shape index (κ1) is 17.7. The van der Waals surface area contributed by atoms with E-state index in [0.29, 0.717) is 11.5 Å². The van der Waals surface area contributed by atoms with Crippen molar-refractivity contribution in [1.82, 2.24) is 15.2 Å². The van der Waals surface area contributed by atoms with E-state index in [4.69, 9.17) is 4.42 Å². The van der Waals surface area contributed by atoms with Gasteiger partial charge in [-0.15, -0.1) is 0 Å². The van der Waals surface area contributed by atoms with Crippen molar-refractivity contribution < 1.29 is 4.42 Å². The number of likely N-dealkylation sites (tertiary alicyclic amines) is 1. The summed E-state index contributed by atoms with van der Waals surface area (Å²) in [5.41, 5.74) is 4.66. The lowest BCUT2D eigenvalue weighted by molar-refractivity contribution is 0.146. The predicted octanol–water partition coefficient (Wildman–Crippen LogP) is 4.44. The fourth-order valence-corrected chi connectivity index (χ4v) is 5.08. The number of rotatable bonds is 5. The van der Waals surface area contributed by atoms with E-state index in [1.54, 1.807) is 11.8 Å². The van der Waals surface area contributed by atoms with Gasteiger partial charge in [-0.2, -0.15) is 0 Å². The predicted molar refractivity (Wildman–Crippen MR) is 110 cm³/mol. The van der Waals surface area contributed by atoms with Gasteiger partial charge in [0.1, 0.15) is 5.76 Å². The number of nitrogens with one attached hydrogen (secondary N) is 1. The quantitative estimate of drug-likeness (QED) is 0.718. The highest BCUT2D eigenvalue weighted by atomic mass is 16.3. The highest BCUT2D eigenvalue weighted by Crippen LogP contribution is 2.50. The van der Waals surface area contributed by atoms with Crippen LogP contribution in [0.4, 0.5) is 0 Å². The summed E-state index contributed by atoms with van der Waals surface area (Å²) in [4.78, 5) is 6.84. The van der Waals surface area contributed by atoms with Crippen molar-refractivity contribution in [2.24, 2.45) is 0 Å². The molecule has 5 rings (SSSR count). The van der Waals surface area contributed by atoms with Gasteiger partial charge in [0.2, 0.25) is 0 Å². The van der Waals surface area contributed by atoms with Crippen molar-refractivity contribution in [3.05, 3.63) is 89.6 Å². The van der Waals surface area contributed by atoms with Gasteiger partial charge < -0.3 is 9.73 Å². The highest BCUT2D eigenvalue weighted by molar-refractivity contribution is 5.42.